The summed E-state index contributed by atoms with van der Waals surface area (Å²) in [6, 6.07) is 5.71. The number of halogens is 1. The lowest BCUT2D eigenvalue weighted by Crippen LogP contribution is -2.18. The quantitative estimate of drug-likeness (QED) is 0.816. The molecule has 3 rings (SSSR count). The molecule has 5 heteroatoms. The Morgan fingerprint density at radius 1 is 0.960 bits per heavy atom. The molecule has 0 fully saturated rings. The number of ether oxygens (including phenoxy) is 2. The van der Waals surface area contributed by atoms with Crippen molar-refractivity contribution in [3.63, 3.8) is 0 Å². The molecular formula is C20H25ClO4. The van der Waals surface area contributed by atoms with Crippen molar-refractivity contribution in [2.24, 2.45) is 0 Å². The highest BCUT2D eigenvalue weighted by Gasteiger charge is 2.25. The molecule has 2 aromatic carbocycles. The predicted octanol–water partition coefficient (Wildman–Crippen LogP) is 3.89. The van der Waals surface area contributed by atoms with Crippen LogP contribution < -0.4 is 9.47 Å². The molecule has 1 aliphatic carbocycles. The predicted molar refractivity (Wildman–Crippen MR) is 100.0 cm³/mol. The molecule has 1 aliphatic rings. The first-order chi connectivity index (χ1) is 12.0. The Labute approximate surface area is 153 Å². The summed E-state index contributed by atoms with van der Waals surface area (Å²) in [7, 11) is 0. The van der Waals surface area contributed by atoms with Crippen LogP contribution in [0, 0.1) is 0 Å². The van der Waals surface area contributed by atoms with Crippen molar-refractivity contribution >= 4 is 22.4 Å². The first kappa shape index (κ1) is 18.3. The highest BCUT2D eigenvalue weighted by atomic mass is 35.5. The van der Waals surface area contributed by atoms with E-state index in [9.17, 15) is 10.2 Å². The summed E-state index contributed by atoms with van der Waals surface area (Å²) in [6.45, 7) is 3.88. The van der Waals surface area contributed by atoms with Gasteiger partial charge < -0.3 is 19.7 Å². The lowest BCUT2D eigenvalue weighted by atomic mass is 9.87. The summed E-state index contributed by atoms with van der Waals surface area (Å²) >= 11 is 6.51. The van der Waals surface area contributed by atoms with Crippen molar-refractivity contribution in [3.05, 3.63) is 34.3 Å². The van der Waals surface area contributed by atoms with Crippen molar-refractivity contribution in [2.75, 3.05) is 13.2 Å². The molecule has 25 heavy (non-hydrogen) atoms. The summed E-state index contributed by atoms with van der Waals surface area (Å²) in [5.41, 5.74) is 2.26. The van der Waals surface area contributed by atoms with Crippen molar-refractivity contribution in [1.29, 1.82) is 0 Å². The minimum absolute atomic E-state index is 0.223. The Hall–Kier alpha value is -1.49. The summed E-state index contributed by atoms with van der Waals surface area (Å²) in [5.74, 6) is 1.57. The van der Waals surface area contributed by atoms with E-state index in [0.717, 1.165) is 59.1 Å². The van der Waals surface area contributed by atoms with E-state index in [1.54, 1.807) is 13.8 Å². The summed E-state index contributed by atoms with van der Waals surface area (Å²) in [5, 5.41) is 21.6. The van der Waals surface area contributed by atoms with Crippen molar-refractivity contribution in [3.8, 4) is 11.5 Å². The van der Waals surface area contributed by atoms with Gasteiger partial charge in [-0.3, -0.25) is 0 Å². The van der Waals surface area contributed by atoms with E-state index in [2.05, 4.69) is 0 Å². The van der Waals surface area contributed by atoms with Crippen molar-refractivity contribution in [2.45, 2.75) is 51.7 Å². The van der Waals surface area contributed by atoms with Gasteiger partial charge in [-0.1, -0.05) is 23.7 Å². The van der Waals surface area contributed by atoms with Gasteiger partial charge in [-0.05, 0) is 45.6 Å². The van der Waals surface area contributed by atoms with Gasteiger partial charge in [-0.2, -0.15) is 0 Å². The molecule has 0 radical (unpaired) electrons. The highest BCUT2D eigenvalue weighted by Crippen LogP contribution is 2.46. The van der Waals surface area contributed by atoms with Gasteiger partial charge in [0.15, 0.2) is 0 Å². The molecule has 0 spiro atoms. The second-order valence-electron chi connectivity index (χ2n) is 6.80. The fourth-order valence-corrected chi connectivity index (χ4v) is 3.66. The van der Waals surface area contributed by atoms with Gasteiger partial charge in [-0.25, -0.2) is 0 Å². The molecular weight excluding hydrogens is 340 g/mol. The van der Waals surface area contributed by atoms with E-state index in [1.165, 1.54) is 0 Å². The standard InChI is InChI=1S/C20H25ClO4/c1-12(22)10-24-19-14-6-3-4-7-15(14)20(25-11-13(2)23)18-16(19)8-5-9-17(18)21/h5,8-9,12-13,22-23H,3-4,6-7,10-11H2,1-2H3. The zero-order valence-corrected chi connectivity index (χ0v) is 15.5. The Balaban J connectivity index is 2.21. The van der Waals surface area contributed by atoms with Gasteiger partial charge in [0.05, 0.1) is 17.2 Å². The van der Waals surface area contributed by atoms with Gasteiger partial charge in [0, 0.05) is 21.9 Å². The topological polar surface area (TPSA) is 58.9 Å². The van der Waals surface area contributed by atoms with Crippen LogP contribution in [0.5, 0.6) is 11.5 Å². The van der Waals surface area contributed by atoms with Crippen LogP contribution >= 0.6 is 11.6 Å². The number of benzene rings is 2. The van der Waals surface area contributed by atoms with E-state index in [0.29, 0.717) is 5.02 Å². The van der Waals surface area contributed by atoms with Crippen molar-refractivity contribution in [1.82, 2.24) is 0 Å². The second kappa shape index (κ2) is 7.81. The smallest absolute Gasteiger partial charge is 0.132 e. The van der Waals surface area contributed by atoms with Crippen LogP contribution in [0.25, 0.3) is 10.8 Å². The van der Waals surface area contributed by atoms with Gasteiger partial charge in [-0.15, -0.1) is 0 Å². The molecule has 0 heterocycles. The summed E-state index contributed by atoms with van der Waals surface area (Å²) in [6.07, 6.45) is 2.90. The van der Waals surface area contributed by atoms with Crippen molar-refractivity contribution < 1.29 is 19.7 Å². The van der Waals surface area contributed by atoms with E-state index in [-0.39, 0.29) is 13.2 Å². The maximum Gasteiger partial charge on any atom is 0.132 e. The monoisotopic (exact) mass is 364 g/mol. The van der Waals surface area contributed by atoms with Crippen LogP contribution in [0.2, 0.25) is 5.02 Å². The maximum absolute atomic E-state index is 9.65. The molecule has 2 aromatic rings. The van der Waals surface area contributed by atoms with Crippen LogP contribution in [0.3, 0.4) is 0 Å². The summed E-state index contributed by atoms with van der Waals surface area (Å²) < 4.78 is 12.0. The third-order valence-corrected chi connectivity index (χ3v) is 4.75. The molecule has 2 atom stereocenters. The number of rotatable bonds is 6. The number of aliphatic hydroxyl groups is 2. The molecule has 2 N–H and O–H groups in total. The SMILES string of the molecule is CC(O)COc1c2c(c(OCC(C)O)c3c(Cl)cccc13)CCCC2. The normalized spacial score (nSPS) is 16.4. The minimum Gasteiger partial charge on any atom is -0.490 e. The minimum atomic E-state index is -0.553. The lowest BCUT2D eigenvalue weighted by Gasteiger charge is -2.26. The van der Waals surface area contributed by atoms with Crippen LogP contribution in [0.15, 0.2) is 18.2 Å². The third kappa shape index (κ3) is 3.86. The molecule has 0 aliphatic heterocycles. The molecule has 0 saturated carbocycles. The largest absolute Gasteiger partial charge is 0.490 e. The van der Waals surface area contributed by atoms with Crippen LogP contribution in [0.1, 0.15) is 37.8 Å². The average molecular weight is 365 g/mol. The first-order valence-corrected chi connectivity index (χ1v) is 9.24. The number of fused-ring (bicyclic) bond motifs is 2. The zero-order valence-electron chi connectivity index (χ0n) is 14.7. The summed E-state index contributed by atoms with van der Waals surface area (Å²) in [4.78, 5) is 0. The van der Waals surface area contributed by atoms with Gasteiger partial charge >= 0.3 is 0 Å². The number of aliphatic hydroxyl groups excluding tert-OH is 2. The average Bonchev–Trinajstić information content (AvgIpc) is 2.57. The second-order valence-corrected chi connectivity index (χ2v) is 7.21. The van der Waals surface area contributed by atoms with E-state index in [4.69, 9.17) is 21.1 Å². The van der Waals surface area contributed by atoms with E-state index < -0.39 is 12.2 Å². The molecule has 0 aromatic heterocycles. The number of hydrogen-bond acceptors (Lipinski definition) is 4. The Morgan fingerprint density at radius 2 is 1.52 bits per heavy atom. The molecule has 4 nitrogen and oxygen atoms in total. The van der Waals surface area contributed by atoms with E-state index >= 15 is 0 Å². The zero-order chi connectivity index (χ0) is 18.0. The van der Waals surface area contributed by atoms with Crippen LogP contribution in [-0.2, 0) is 12.8 Å². The Bertz CT molecular complexity index is 755. The molecule has 0 bridgehead atoms. The van der Waals surface area contributed by atoms with Crippen LogP contribution in [0.4, 0.5) is 0 Å². The first-order valence-electron chi connectivity index (χ1n) is 8.86. The third-order valence-electron chi connectivity index (χ3n) is 4.44. The van der Waals surface area contributed by atoms with Gasteiger partial charge in [0.1, 0.15) is 24.7 Å². The molecule has 136 valence electrons. The van der Waals surface area contributed by atoms with Gasteiger partial charge in [0.2, 0.25) is 0 Å². The lowest BCUT2D eigenvalue weighted by molar-refractivity contribution is 0.120. The fourth-order valence-electron chi connectivity index (χ4n) is 3.40. The van der Waals surface area contributed by atoms with Gasteiger partial charge in [0.25, 0.3) is 0 Å². The highest BCUT2D eigenvalue weighted by molar-refractivity contribution is 6.36. The number of hydrogen-bond donors (Lipinski definition) is 2. The van der Waals surface area contributed by atoms with E-state index in [1.807, 2.05) is 18.2 Å². The molecule has 0 saturated heterocycles. The maximum atomic E-state index is 9.65. The molecule has 0 amide bonds. The Kier molecular flexibility index (Phi) is 5.72. The van der Waals surface area contributed by atoms with Crippen LogP contribution in [-0.4, -0.2) is 35.6 Å². The Morgan fingerprint density at radius 3 is 2.12 bits per heavy atom. The fraction of sp³-hybridized carbons (Fsp3) is 0.500. The molecule has 2 unspecified atom stereocenters.